The number of amides is 2. The first-order valence-electron chi connectivity index (χ1n) is 11.3. The highest BCUT2D eigenvalue weighted by Gasteiger charge is 2.26. The number of ether oxygens (including phenoxy) is 1. The maximum absolute atomic E-state index is 13.2. The predicted molar refractivity (Wildman–Crippen MR) is 134 cm³/mol. The number of aryl methyl sites for hydroxylation is 1. The Bertz CT molecular complexity index is 1090. The molecule has 2 amide bonds. The number of carbonyl (C=O) groups is 2. The Hall–Kier alpha value is -3.07. The standard InChI is InChI=1S/C25H35N3O5S/c1-6-26-25(30)20(3)27(18-21-12-8-7-11-19(21)2)24(29)15-10-16-28(34(5,31)32)22-13-9-14-23(17-22)33-4/h7-9,11-14,17,20H,6,10,15-16,18H2,1-5H3,(H,26,30)/t20-/m0/s1. The molecule has 0 aliphatic rings. The summed E-state index contributed by atoms with van der Waals surface area (Å²) in [6.07, 6.45) is 1.54. The van der Waals surface area contributed by atoms with Crippen LogP contribution >= 0.6 is 0 Å². The number of nitrogens with zero attached hydrogens (tertiary/aromatic N) is 2. The minimum Gasteiger partial charge on any atom is -0.497 e. The molecule has 9 heteroatoms. The van der Waals surface area contributed by atoms with Crippen LogP contribution in [0.15, 0.2) is 48.5 Å². The molecule has 0 bridgehead atoms. The predicted octanol–water partition coefficient (Wildman–Crippen LogP) is 3.10. The van der Waals surface area contributed by atoms with E-state index in [1.54, 1.807) is 36.1 Å². The van der Waals surface area contributed by atoms with Gasteiger partial charge in [-0.3, -0.25) is 13.9 Å². The van der Waals surface area contributed by atoms with Crippen molar-refractivity contribution in [1.29, 1.82) is 0 Å². The van der Waals surface area contributed by atoms with Crippen LogP contribution in [0.1, 0.15) is 37.8 Å². The van der Waals surface area contributed by atoms with Crippen LogP contribution in [0.2, 0.25) is 0 Å². The van der Waals surface area contributed by atoms with Crippen LogP contribution in [0.3, 0.4) is 0 Å². The van der Waals surface area contributed by atoms with Crippen LogP contribution < -0.4 is 14.4 Å². The Labute approximate surface area is 202 Å². The average Bonchev–Trinajstić information content (AvgIpc) is 2.80. The molecule has 1 N–H and O–H groups in total. The Morgan fingerprint density at radius 1 is 1.12 bits per heavy atom. The summed E-state index contributed by atoms with van der Waals surface area (Å²) in [6.45, 7) is 6.41. The first-order chi connectivity index (χ1) is 16.1. The summed E-state index contributed by atoms with van der Waals surface area (Å²) in [5.74, 6) is 0.113. The number of sulfonamides is 1. The summed E-state index contributed by atoms with van der Waals surface area (Å²) in [4.78, 5) is 27.3. The number of benzene rings is 2. The van der Waals surface area contributed by atoms with Crippen LogP contribution in [0, 0.1) is 6.92 Å². The Morgan fingerprint density at radius 2 is 1.82 bits per heavy atom. The molecule has 34 heavy (non-hydrogen) atoms. The molecule has 0 aromatic heterocycles. The Morgan fingerprint density at radius 3 is 2.44 bits per heavy atom. The van der Waals surface area contributed by atoms with Gasteiger partial charge >= 0.3 is 0 Å². The second kappa shape index (κ2) is 12.4. The molecule has 2 aromatic carbocycles. The van der Waals surface area contributed by atoms with Crippen molar-refractivity contribution in [2.75, 3.05) is 30.8 Å². The molecule has 186 valence electrons. The molecule has 0 radical (unpaired) electrons. The Kier molecular flexibility index (Phi) is 9.92. The van der Waals surface area contributed by atoms with E-state index in [9.17, 15) is 18.0 Å². The summed E-state index contributed by atoms with van der Waals surface area (Å²) in [7, 11) is -2.05. The van der Waals surface area contributed by atoms with Gasteiger partial charge in [-0.1, -0.05) is 30.3 Å². The van der Waals surface area contributed by atoms with Gasteiger partial charge in [0.1, 0.15) is 11.8 Å². The average molecular weight is 490 g/mol. The molecule has 0 saturated heterocycles. The van der Waals surface area contributed by atoms with Gasteiger partial charge in [-0.2, -0.15) is 0 Å². The van der Waals surface area contributed by atoms with Gasteiger partial charge in [0, 0.05) is 32.1 Å². The second-order valence-corrected chi connectivity index (χ2v) is 10.1. The number of rotatable bonds is 12. The number of nitrogens with one attached hydrogen (secondary N) is 1. The molecule has 0 fully saturated rings. The van der Waals surface area contributed by atoms with Gasteiger partial charge in [0.25, 0.3) is 0 Å². The number of carbonyl (C=O) groups excluding carboxylic acids is 2. The lowest BCUT2D eigenvalue weighted by Gasteiger charge is -2.30. The van der Waals surface area contributed by atoms with Crippen LogP contribution in [0.25, 0.3) is 0 Å². The van der Waals surface area contributed by atoms with E-state index in [2.05, 4.69) is 5.32 Å². The molecule has 8 nitrogen and oxygen atoms in total. The molecule has 0 heterocycles. The van der Waals surface area contributed by atoms with E-state index in [-0.39, 0.29) is 24.8 Å². The summed E-state index contributed by atoms with van der Waals surface area (Å²) in [5, 5.41) is 2.78. The smallest absolute Gasteiger partial charge is 0.242 e. The zero-order valence-corrected chi connectivity index (χ0v) is 21.4. The molecule has 0 saturated carbocycles. The Balaban J connectivity index is 2.17. The largest absolute Gasteiger partial charge is 0.497 e. The molecule has 0 spiro atoms. The first kappa shape index (κ1) is 27.2. The van der Waals surface area contributed by atoms with Gasteiger partial charge in [0.05, 0.1) is 19.1 Å². The van der Waals surface area contributed by atoms with Crippen molar-refractivity contribution in [3.8, 4) is 5.75 Å². The van der Waals surface area contributed by atoms with Crippen molar-refractivity contribution in [2.24, 2.45) is 0 Å². The van der Waals surface area contributed by atoms with E-state index >= 15 is 0 Å². The molecular weight excluding hydrogens is 454 g/mol. The molecule has 0 aliphatic heterocycles. The minimum atomic E-state index is -3.56. The zero-order valence-electron chi connectivity index (χ0n) is 20.6. The molecule has 2 aromatic rings. The third kappa shape index (κ3) is 7.48. The fourth-order valence-electron chi connectivity index (χ4n) is 3.65. The monoisotopic (exact) mass is 489 g/mol. The lowest BCUT2D eigenvalue weighted by atomic mass is 10.1. The number of methoxy groups -OCH3 is 1. The molecular formula is C25H35N3O5S. The fourth-order valence-corrected chi connectivity index (χ4v) is 4.60. The number of hydrogen-bond donors (Lipinski definition) is 1. The van der Waals surface area contributed by atoms with Crippen molar-refractivity contribution >= 4 is 27.5 Å². The highest BCUT2D eigenvalue weighted by Crippen LogP contribution is 2.24. The number of likely N-dealkylation sites (N-methyl/N-ethyl adjacent to an activating group) is 1. The summed E-state index contributed by atoms with van der Waals surface area (Å²) >= 11 is 0. The van der Waals surface area contributed by atoms with E-state index in [1.165, 1.54) is 11.4 Å². The number of hydrogen-bond acceptors (Lipinski definition) is 5. The minimum absolute atomic E-state index is 0.103. The second-order valence-electron chi connectivity index (χ2n) is 8.16. The van der Waals surface area contributed by atoms with E-state index in [4.69, 9.17) is 4.74 Å². The van der Waals surface area contributed by atoms with Crippen molar-refractivity contribution in [2.45, 2.75) is 46.2 Å². The third-order valence-electron chi connectivity index (χ3n) is 5.61. The topological polar surface area (TPSA) is 96.0 Å². The van der Waals surface area contributed by atoms with Crippen molar-refractivity contribution in [3.05, 3.63) is 59.7 Å². The highest BCUT2D eigenvalue weighted by molar-refractivity contribution is 7.92. The summed E-state index contributed by atoms with van der Waals surface area (Å²) in [6, 6.07) is 13.9. The van der Waals surface area contributed by atoms with Crippen LogP contribution in [-0.4, -0.2) is 57.6 Å². The van der Waals surface area contributed by atoms with Gasteiger partial charge in [-0.25, -0.2) is 8.42 Å². The molecule has 0 unspecified atom stereocenters. The lowest BCUT2D eigenvalue weighted by molar-refractivity contribution is -0.140. The van der Waals surface area contributed by atoms with Crippen molar-refractivity contribution in [1.82, 2.24) is 10.2 Å². The maximum Gasteiger partial charge on any atom is 0.242 e. The van der Waals surface area contributed by atoms with Gasteiger partial charge in [-0.05, 0) is 50.5 Å². The van der Waals surface area contributed by atoms with E-state index in [0.717, 1.165) is 17.4 Å². The molecule has 1 atom stereocenters. The highest BCUT2D eigenvalue weighted by atomic mass is 32.2. The maximum atomic E-state index is 13.2. The van der Waals surface area contributed by atoms with Gasteiger partial charge < -0.3 is 15.0 Å². The summed E-state index contributed by atoms with van der Waals surface area (Å²) < 4.78 is 31.3. The van der Waals surface area contributed by atoms with Crippen LogP contribution in [0.5, 0.6) is 5.75 Å². The van der Waals surface area contributed by atoms with E-state index in [1.807, 2.05) is 38.1 Å². The van der Waals surface area contributed by atoms with Crippen LogP contribution in [-0.2, 0) is 26.2 Å². The normalized spacial score (nSPS) is 12.0. The van der Waals surface area contributed by atoms with Gasteiger partial charge in [-0.15, -0.1) is 0 Å². The molecule has 2 rings (SSSR count). The van der Waals surface area contributed by atoms with E-state index < -0.39 is 16.1 Å². The third-order valence-corrected chi connectivity index (χ3v) is 6.81. The van der Waals surface area contributed by atoms with Gasteiger partial charge in [0.15, 0.2) is 0 Å². The van der Waals surface area contributed by atoms with E-state index in [0.29, 0.717) is 30.9 Å². The summed E-state index contributed by atoms with van der Waals surface area (Å²) in [5.41, 5.74) is 2.47. The zero-order chi connectivity index (χ0) is 25.3. The first-order valence-corrected chi connectivity index (χ1v) is 13.2. The fraction of sp³-hybridized carbons (Fsp3) is 0.440. The lowest BCUT2D eigenvalue weighted by Crippen LogP contribution is -2.47. The van der Waals surface area contributed by atoms with Crippen molar-refractivity contribution < 1.29 is 22.7 Å². The molecule has 0 aliphatic carbocycles. The van der Waals surface area contributed by atoms with Crippen molar-refractivity contribution in [3.63, 3.8) is 0 Å². The SMILES string of the molecule is CCNC(=O)[C@H](C)N(Cc1ccccc1C)C(=O)CCCN(c1cccc(OC)c1)S(C)(=O)=O. The quantitative estimate of drug-likeness (QED) is 0.494. The number of anilines is 1. The van der Waals surface area contributed by atoms with Gasteiger partial charge in [0.2, 0.25) is 21.8 Å². The van der Waals surface area contributed by atoms with Crippen LogP contribution in [0.4, 0.5) is 5.69 Å².